The molecule has 2 rings (SSSR count). The summed E-state index contributed by atoms with van der Waals surface area (Å²) in [6.07, 6.45) is 1.02. The topological polar surface area (TPSA) is 83.8 Å². The molecule has 1 unspecified atom stereocenters. The lowest BCUT2D eigenvalue weighted by atomic mass is 10.1. The van der Waals surface area contributed by atoms with E-state index in [0.717, 1.165) is 6.42 Å². The highest BCUT2D eigenvalue weighted by molar-refractivity contribution is 5.81. The molecule has 0 spiro atoms. The molecule has 0 amide bonds. The van der Waals surface area contributed by atoms with E-state index in [2.05, 4.69) is 36.1 Å². The number of nitrogens with zero attached hydrogens (tertiary/aromatic N) is 1. The Hall–Kier alpha value is -2.04. The van der Waals surface area contributed by atoms with Crippen LogP contribution < -0.4 is 16.6 Å². The van der Waals surface area contributed by atoms with E-state index in [1.807, 2.05) is 0 Å². The fourth-order valence-corrected chi connectivity index (χ4v) is 2.22. The lowest BCUT2D eigenvalue weighted by Crippen LogP contribution is -2.21. The van der Waals surface area contributed by atoms with Crippen LogP contribution in [0, 0.1) is 5.92 Å². The molecule has 4 N–H and O–H groups in total. The molecule has 0 aliphatic heterocycles. The minimum Gasteiger partial charge on any atom is -0.399 e. The molecule has 0 radical (unpaired) electrons. The van der Waals surface area contributed by atoms with E-state index < -0.39 is 0 Å². The third-order valence-electron chi connectivity index (χ3n) is 2.94. The maximum Gasteiger partial charge on any atom is 0.260 e. The van der Waals surface area contributed by atoms with Crippen molar-refractivity contribution in [3.63, 3.8) is 0 Å². The molecule has 0 fully saturated rings. The summed E-state index contributed by atoms with van der Waals surface area (Å²) in [7, 11) is 0. The lowest BCUT2D eigenvalue weighted by Gasteiger charge is -2.16. The van der Waals surface area contributed by atoms with Gasteiger partial charge in [0.25, 0.3) is 5.56 Å². The number of aromatic amines is 1. The third kappa shape index (κ3) is 3.24. The molecule has 0 aliphatic rings. The van der Waals surface area contributed by atoms with Crippen LogP contribution in [0.1, 0.15) is 27.2 Å². The summed E-state index contributed by atoms with van der Waals surface area (Å²) in [4.78, 5) is 19.1. The molecule has 1 aromatic heterocycles. The second-order valence-corrected chi connectivity index (χ2v) is 5.37. The van der Waals surface area contributed by atoms with E-state index in [1.54, 1.807) is 18.2 Å². The van der Waals surface area contributed by atoms with Gasteiger partial charge in [0.2, 0.25) is 5.95 Å². The van der Waals surface area contributed by atoms with E-state index in [-0.39, 0.29) is 11.6 Å². The summed E-state index contributed by atoms with van der Waals surface area (Å²) in [5.41, 5.74) is 6.71. The first kappa shape index (κ1) is 13.4. The molecule has 2 aromatic rings. The summed E-state index contributed by atoms with van der Waals surface area (Å²) in [6.45, 7) is 6.40. The standard InChI is InChI=1S/C14H20N4O/c1-8(2)6-9(3)16-14-17-12-5-4-10(15)7-11(12)13(19)18-14/h4-5,7-9H,6,15H2,1-3H3,(H2,16,17,18,19). The van der Waals surface area contributed by atoms with Crippen LogP contribution in [0.2, 0.25) is 0 Å². The molecule has 0 bridgehead atoms. The van der Waals surface area contributed by atoms with Gasteiger partial charge >= 0.3 is 0 Å². The summed E-state index contributed by atoms with van der Waals surface area (Å²) in [5, 5.41) is 3.74. The fourth-order valence-electron chi connectivity index (χ4n) is 2.22. The van der Waals surface area contributed by atoms with Gasteiger partial charge in [0.05, 0.1) is 10.9 Å². The molecule has 5 heteroatoms. The van der Waals surface area contributed by atoms with Crippen molar-refractivity contribution in [3.05, 3.63) is 28.6 Å². The van der Waals surface area contributed by atoms with Crippen molar-refractivity contribution in [1.82, 2.24) is 9.97 Å². The fraction of sp³-hybridized carbons (Fsp3) is 0.429. The highest BCUT2D eigenvalue weighted by atomic mass is 16.1. The molecule has 19 heavy (non-hydrogen) atoms. The Bertz CT molecular complexity index is 633. The Balaban J connectivity index is 2.31. The van der Waals surface area contributed by atoms with Crippen molar-refractivity contribution < 1.29 is 0 Å². The monoisotopic (exact) mass is 260 g/mol. The van der Waals surface area contributed by atoms with E-state index in [1.165, 1.54) is 0 Å². The first-order valence-electron chi connectivity index (χ1n) is 6.52. The van der Waals surface area contributed by atoms with Crippen molar-refractivity contribution in [2.24, 2.45) is 5.92 Å². The minimum atomic E-state index is -0.170. The smallest absolute Gasteiger partial charge is 0.260 e. The van der Waals surface area contributed by atoms with Gasteiger partial charge in [0, 0.05) is 11.7 Å². The van der Waals surface area contributed by atoms with Gasteiger partial charge in [-0.3, -0.25) is 9.78 Å². The number of H-pyrrole nitrogens is 1. The maximum absolute atomic E-state index is 12.0. The average Bonchev–Trinajstić information content (AvgIpc) is 2.29. The number of fused-ring (bicyclic) bond motifs is 1. The third-order valence-corrected chi connectivity index (χ3v) is 2.94. The molecule has 1 heterocycles. The van der Waals surface area contributed by atoms with Crippen molar-refractivity contribution >= 4 is 22.5 Å². The van der Waals surface area contributed by atoms with Crippen LogP contribution in [-0.2, 0) is 0 Å². The number of benzene rings is 1. The van der Waals surface area contributed by atoms with Gasteiger partial charge in [-0.05, 0) is 37.5 Å². The normalized spacial score (nSPS) is 12.8. The van der Waals surface area contributed by atoms with Crippen LogP contribution in [0.15, 0.2) is 23.0 Å². The molecule has 1 atom stereocenters. The van der Waals surface area contributed by atoms with Gasteiger partial charge in [-0.2, -0.15) is 0 Å². The number of nitrogen functional groups attached to an aromatic ring is 1. The van der Waals surface area contributed by atoms with Crippen LogP contribution in [0.5, 0.6) is 0 Å². The molecule has 0 saturated heterocycles. The number of nitrogens with two attached hydrogens (primary N) is 1. The SMILES string of the molecule is CC(C)CC(C)Nc1nc2ccc(N)cc2c(=O)[nH]1. The summed E-state index contributed by atoms with van der Waals surface area (Å²) >= 11 is 0. The quantitative estimate of drug-likeness (QED) is 0.737. The van der Waals surface area contributed by atoms with Crippen molar-refractivity contribution in [2.45, 2.75) is 33.2 Å². The molecular formula is C14H20N4O. The number of hydrogen-bond acceptors (Lipinski definition) is 4. The van der Waals surface area contributed by atoms with E-state index in [0.29, 0.717) is 28.5 Å². The van der Waals surface area contributed by atoms with Gasteiger partial charge in [-0.25, -0.2) is 4.98 Å². The zero-order valence-electron chi connectivity index (χ0n) is 11.5. The molecule has 102 valence electrons. The number of hydrogen-bond donors (Lipinski definition) is 3. The molecule has 0 saturated carbocycles. The van der Waals surface area contributed by atoms with Gasteiger partial charge in [0.15, 0.2) is 0 Å². The Morgan fingerprint density at radius 3 is 2.79 bits per heavy atom. The van der Waals surface area contributed by atoms with E-state index >= 15 is 0 Å². The van der Waals surface area contributed by atoms with Crippen LogP contribution in [0.25, 0.3) is 10.9 Å². The predicted octanol–water partition coefficient (Wildman–Crippen LogP) is 2.35. The number of nitrogens with one attached hydrogen (secondary N) is 2. The zero-order valence-corrected chi connectivity index (χ0v) is 11.5. The zero-order chi connectivity index (χ0) is 14.0. The Labute approximate surface area is 112 Å². The number of rotatable bonds is 4. The number of aromatic nitrogens is 2. The van der Waals surface area contributed by atoms with Crippen LogP contribution in [-0.4, -0.2) is 16.0 Å². The summed E-state index contributed by atoms with van der Waals surface area (Å²) in [6, 6.07) is 5.41. The summed E-state index contributed by atoms with van der Waals surface area (Å²) < 4.78 is 0. The highest BCUT2D eigenvalue weighted by Crippen LogP contribution is 2.14. The van der Waals surface area contributed by atoms with Crippen LogP contribution in [0.4, 0.5) is 11.6 Å². The number of anilines is 2. The lowest BCUT2D eigenvalue weighted by molar-refractivity contribution is 0.538. The van der Waals surface area contributed by atoms with Gasteiger partial charge < -0.3 is 11.1 Å². The van der Waals surface area contributed by atoms with E-state index in [9.17, 15) is 4.79 Å². The van der Waals surface area contributed by atoms with E-state index in [4.69, 9.17) is 5.73 Å². The Morgan fingerprint density at radius 2 is 2.11 bits per heavy atom. The van der Waals surface area contributed by atoms with Crippen LogP contribution in [0.3, 0.4) is 0 Å². The second-order valence-electron chi connectivity index (χ2n) is 5.37. The van der Waals surface area contributed by atoms with Crippen LogP contribution >= 0.6 is 0 Å². The average molecular weight is 260 g/mol. The molecule has 0 aliphatic carbocycles. The largest absolute Gasteiger partial charge is 0.399 e. The first-order chi connectivity index (χ1) is 8.95. The van der Waals surface area contributed by atoms with Gasteiger partial charge in [-0.15, -0.1) is 0 Å². The first-order valence-corrected chi connectivity index (χ1v) is 6.52. The maximum atomic E-state index is 12.0. The van der Waals surface area contributed by atoms with Gasteiger partial charge in [-0.1, -0.05) is 13.8 Å². The Kier molecular flexibility index (Phi) is 3.74. The second kappa shape index (κ2) is 5.30. The van der Waals surface area contributed by atoms with Crippen molar-refractivity contribution in [2.75, 3.05) is 11.1 Å². The summed E-state index contributed by atoms with van der Waals surface area (Å²) in [5.74, 6) is 1.10. The minimum absolute atomic E-state index is 0.170. The van der Waals surface area contributed by atoms with Crippen molar-refractivity contribution in [1.29, 1.82) is 0 Å². The molecule has 5 nitrogen and oxygen atoms in total. The Morgan fingerprint density at radius 1 is 1.37 bits per heavy atom. The predicted molar refractivity (Wildman–Crippen MR) is 79.3 cm³/mol. The highest BCUT2D eigenvalue weighted by Gasteiger charge is 2.08. The molecular weight excluding hydrogens is 240 g/mol. The molecule has 1 aromatic carbocycles. The van der Waals surface area contributed by atoms with Crippen molar-refractivity contribution in [3.8, 4) is 0 Å². The van der Waals surface area contributed by atoms with Gasteiger partial charge in [0.1, 0.15) is 0 Å².